The molecule has 2 aromatic rings. The van der Waals surface area contributed by atoms with Gasteiger partial charge in [-0.1, -0.05) is 18.2 Å². The molecule has 0 aliphatic carbocycles. The van der Waals surface area contributed by atoms with Crippen LogP contribution in [0.2, 0.25) is 0 Å². The molecule has 3 rings (SSSR count). The normalized spacial score (nSPS) is 14.8. The maximum Gasteiger partial charge on any atom is 0.343 e. The number of carbonyl (C=O) groups excluding carboxylic acids is 3. The number of methoxy groups -OCH3 is 1. The number of amides is 2. The fourth-order valence-corrected chi connectivity index (χ4v) is 3.96. The van der Waals surface area contributed by atoms with Crippen molar-refractivity contribution < 1.29 is 28.6 Å². The van der Waals surface area contributed by atoms with Crippen LogP contribution in [-0.4, -0.2) is 42.3 Å². The number of hydrogen-bond acceptors (Lipinski definition) is 7. The van der Waals surface area contributed by atoms with Gasteiger partial charge in [-0.2, -0.15) is 0 Å². The van der Waals surface area contributed by atoms with Gasteiger partial charge in [-0.25, -0.2) is 4.79 Å². The molecule has 0 unspecified atom stereocenters. The molecule has 1 aliphatic rings. The van der Waals surface area contributed by atoms with Crippen molar-refractivity contribution in [3.63, 3.8) is 0 Å². The Hall–Kier alpha value is -2.53. The Morgan fingerprint density at radius 2 is 1.84 bits per heavy atom. The van der Waals surface area contributed by atoms with E-state index in [0.29, 0.717) is 28.6 Å². The lowest BCUT2D eigenvalue weighted by Gasteiger charge is -2.13. The van der Waals surface area contributed by atoms with Crippen molar-refractivity contribution >= 4 is 57.5 Å². The number of rotatable bonds is 8. The zero-order valence-electron chi connectivity index (χ0n) is 16.9. The Morgan fingerprint density at radius 3 is 2.52 bits per heavy atom. The summed E-state index contributed by atoms with van der Waals surface area (Å²) in [5.74, 6) is -0.0275. The highest BCUT2D eigenvalue weighted by atomic mass is 127. The second kappa shape index (κ2) is 10.7. The van der Waals surface area contributed by atoms with Crippen LogP contribution in [0.3, 0.4) is 0 Å². The van der Waals surface area contributed by atoms with E-state index in [9.17, 15) is 14.4 Å². The Balaban J connectivity index is 1.77. The molecule has 162 valence electrons. The van der Waals surface area contributed by atoms with Crippen molar-refractivity contribution in [2.75, 3.05) is 20.3 Å². The minimum Gasteiger partial charge on any atom is -0.490 e. The van der Waals surface area contributed by atoms with E-state index in [1.807, 2.05) is 31.2 Å². The first kappa shape index (κ1) is 23.1. The number of hydrogen-bond donors (Lipinski definition) is 0. The average molecular weight is 553 g/mol. The third-order valence-electron chi connectivity index (χ3n) is 4.27. The maximum absolute atomic E-state index is 12.8. The van der Waals surface area contributed by atoms with E-state index in [2.05, 4.69) is 27.3 Å². The number of thioether (sulfide) groups is 1. The van der Waals surface area contributed by atoms with Crippen LogP contribution < -0.4 is 9.47 Å². The van der Waals surface area contributed by atoms with Crippen molar-refractivity contribution in [1.29, 1.82) is 0 Å². The van der Waals surface area contributed by atoms with Crippen LogP contribution in [0.4, 0.5) is 4.79 Å². The third-order valence-corrected chi connectivity index (χ3v) is 5.89. The van der Waals surface area contributed by atoms with Crippen LogP contribution in [0.25, 0.3) is 6.08 Å². The van der Waals surface area contributed by atoms with Gasteiger partial charge in [-0.05, 0) is 82.7 Å². The minimum absolute atomic E-state index is 0.226. The fraction of sp³-hybridized carbons (Fsp3) is 0.227. The fourth-order valence-electron chi connectivity index (χ4n) is 2.76. The molecule has 0 atom stereocenters. The predicted molar refractivity (Wildman–Crippen MR) is 126 cm³/mol. The van der Waals surface area contributed by atoms with Gasteiger partial charge in [-0.3, -0.25) is 14.5 Å². The number of benzene rings is 2. The molecule has 31 heavy (non-hydrogen) atoms. The number of nitrogens with zero attached hydrogens (tertiary/aromatic N) is 1. The standard InChI is InChI=1S/C22H20INO6S/c1-3-29-18-10-15(6-9-17(18)30-13-20(25)28-2)11-19-21(26)24(22(27)31-19)12-14-4-7-16(23)8-5-14/h4-11H,3,12-13H2,1-2H3/b19-11-. The van der Waals surface area contributed by atoms with Crippen molar-refractivity contribution in [1.82, 2.24) is 4.90 Å². The highest BCUT2D eigenvalue weighted by Crippen LogP contribution is 2.35. The molecule has 1 heterocycles. The van der Waals surface area contributed by atoms with Gasteiger partial charge >= 0.3 is 5.97 Å². The highest BCUT2D eigenvalue weighted by Gasteiger charge is 2.35. The van der Waals surface area contributed by atoms with Gasteiger partial charge in [0.1, 0.15) is 0 Å². The molecule has 0 saturated carbocycles. The van der Waals surface area contributed by atoms with Gasteiger partial charge < -0.3 is 14.2 Å². The van der Waals surface area contributed by atoms with Crippen LogP contribution >= 0.6 is 34.4 Å². The Labute approximate surface area is 197 Å². The lowest BCUT2D eigenvalue weighted by molar-refractivity contribution is -0.142. The second-order valence-electron chi connectivity index (χ2n) is 6.40. The predicted octanol–water partition coefficient (Wildman–Crippen LogP) is 4.48. The molecule has 1 fully saturated rings. The molecule has 0 N–H and O–H groups in total. The summed E-state index contributed by atoms with van der Waals surface area (Å²) in [7, 11) is 1.28. The molecule has 1 saturated heterocycles. The van der Waals surface area contributed by atoms with Gasteiger partial charge in [0.15, 0.2) is 18.1 Å². The largest absolute Gasteiger partial charge is 0.490 e. The molecule has 0 spiro atoms. The summed E-state index contributed by atoms with van der Waals surface area (Å²) in [5, 5.41) is -0.308. The SMILES string of the molecule is CCOc1cc(/C=C2\SC(=O)N(Cc3ccc(I)cc3)C2=O)ccc1OCC(=O)OC. The number of esters is 1. The first-order valence-electron chi connectivity index (χ1n) is 9.37. The number of ether oxygens (including phenoxy) is 3. The highest BCUT2D eigenvalue weighted by molar-refractivity contribution is 14.1. The van der Waals surface area contributed by atoms with E-state index < -0.39 is 5.97 Å². The summed E-state index contributed by atoms with van der Waals surface area (Å²) < 4.78 is 16.7. The van der Waals surface area contributed by atoms with E-state index in [-0.39, 0.29) is 24.3 Å². The Morgan fingerprint density at radius 1 is 1.10 bits per heavy atom. The quantitative estimate of drug-likeness (QED) is 0.271. The van der Waals surface area contributed by atoms with Crippen LogP contribution in [0.5, 0.6) is 11.5 Å². The van der Waals surface area contributed by atoms with Crippen molar-refractivity contribution in [3.8, 4) is 11.5 Å². The molecule has 0 bridgehead atoms. The maximum atomic E-state index is 12.8. The van der Waals surface area contributed by atoms with Gasteiger partial charge in [0.05, 0.1) is 25.2 Å². The topological polar surface area (TPSA) is 82.1 Å². The van der Waals surface area contributed by atoms with E-state index in [1.54, 1.807) is 24.3 Å². The monoisotopic (exact) mass is 553 g/mol. The molecule has 1 aliphatic heterocycles. The van der Waals surface area contributed by atoms with E-state index >= 15 is 0 Å². The van der Waals surface area contributed by atoms with Crippen molar-refractivity contribution in [2.24, 2.45) is 0 Å². The molecule has 9 heteroatoms. The van der Waals surface area contributed by atoms with Crippen LogP contribution in [-0.2, 0) is 20.9 Å². The Bertz CT molecular complexity index is 1020. The van der Waals surface area contributed by atoms with E-state index in [4.69, 9.17) is 9.47 Å². The molecular formula is C22H20INO6S. The number of halogens is 1. The van der Waals surface area contributed by atoms with E-state index in [0.717, 1.165) is 20.9 Å². The van der Waals surface area contributed by atoms with Gasteiger partial charge in [0.25, 0.3) is 11.1 Å². The van der Waals surface area contributed by atoms with Crippen LogP contribution in [0.1, 0.15) is 18.1 Å². The first-order valence-corrected chi connectivity index (χ1v) is 11.3. The zero-order valence-corrected chi connectivity index (χ0v) is 19.9. The van der Waals surface area contributed by atoms with Crippen LogP contribution in [0.15, 0.2) is 47.4 Å². The number of imide groups is 1. The smallest absolute Gasteiger partial charge is 0.343 e. The lowest BCUT2D eigenvalue weighted by Crippen LogP contribution is -2.27. The average Bonchev–Trinajstić information content (AvgIpc) is 3.02. The molecule has 0 aromatic heterocycles. The second-order valence-corrected chi connectivity index (χ2v) is 8.64. The van der Waals surface area contributed by atoms with Crippen molar-refractivity contribution in [2.45, 2.75) is 13.5 Å². The third kappa shape index (κ3) is 6.01. The first-order chi connectivity index (χ1) is 14.9. The number of carbonyl (C=O) groups is 3. The molecule has 7 nitrogen and oxygen atoms in total. The van der Waals surface area contributed by atoms with Gasteiger partial charge in [-0.15, -0.1) is 0 Å². The molecule has 0 radical (unpaired) electrons. The van der Waals surface area contributed by atoms with Crippen molar-refractivity contribution in [3.05, 3.63) is 62.1 Å². The van der Waals surface area contributed by atoms with Gasteiger partial charge in [0, 0.05) is 3.57 Å². The minimum atomic E-state index is -0.506. The molecule has 2 amide bonds. The summed E-state index contributed by atoms with van der Waals surface area (Å²) in [6.07, 6.45) is 1.64. The van der Waals surface area contributed by atoms with Crippen LogP contribution in [0, 0.1) is 3.57 Å². The summed E-state index contributed by atoms with van der Waals surface area (Å²) >= 11 is 3.11. The zero-order chi connectivity index (χ0) is 22.4. The summed E-state index contributed by atoms with van der Waals surface area (Å²) in [6, 6.07) is 12.7. The summed E-state index contributed by atoms with van der Waals surface area (Å²) in [4.78, 5) is 38.1. The Kier molecular flexibility index (Phi) is 7.97. The lowest BCUT2D eigenvalue weighted by atomic mass is 10.1. The molecular weight excluding hydrogens is 533 g/mol. The van der Waals surface area contributed by atoms with Gasteiger partial charge in [0.2, 0.25) is 0 Å². The summed E-state index contributed by atoms with van der Waals surface area (Å²) in [5.41, 5.74) is 1.56. The molecule has 2 aromatic carbocycles. The summed E-state index contributed by atoms with van der Waals surface area (Å²) in [6.45, 7) is 2.20. The van der Waals surface area contributed by atoms with E-state index in [1.165, 1.54) is 12.0 Å².